The molecule has 2 nitrogen and oxygen atoms in total. The lowest BCUT2D eigenvalue weighted by molar-refractivity contribution is 0.165. The summed E-state index contributed by atoms with van der Waals surface area (Å²) in [5.41, 5.74) is 6.84. The summed E-state index contributed by atoms with van der Waals surface area (Å²) in [4.78, 5) is 3.20. The standard InChI is InChI=1S/C16H20ClFN2S/c1-10(19)16(14-8-9-15(17)21-14)20(3)11(2)12-6-4-5-7-13(12)18/h4-11,16H,19H2,1-3H3. The van der Waals surface area contributed by atoms with E-state index in [1.54, 1.807) is 6.07 Å². The van der Waals surface area contributed by atoms with Crippen molar-refractivity contribution in [2.45, 2.75) is 32.0 Å². The van der Waals surface area contributed by atoms with Gasteiger partial charge >= 0.3 is 0 Å². The number of halogens is 2. The van der Waals surface area contributed by atoms with Crippen molar-refractivity contribution in [2.24, 2.45) is 5.73 Å². The average Bonchev–Trinajstić information content (AvgIpc) is 2.84. The highest BCUT2D eigenvalue weighted by atomic mass is 35.5. The molecule has 0 fully saturated rings. The lowest BCUT2D eigenvalue weighted by atomic mass is 10.0. The number of nitrogens with two attached hydrogens (primary N) is 1. The third kappa shape index (κ3) is 3.64. The zero-order chi connectivity index (χ0) is 15.6. The maximum Gasteiger partial charge on any atom is 0.127 e. The number of rotatable bonds is 5. The van der Waals surface area contributed by atoms with Gasteiger partial charge in [-0.15, -0.1) is 11.3 Å². The second-order valence-corrected chi connectivity index (χ2v) is 7.06. The van der Waals surface area contributed by atoms with E-state index >= 15 is 0 Å². The highest BCUT2D eigenvalue weighted by Crippen LogP contribution is 2.36. The molecular weight excluding hydrogens is 307 g/mol. The molecule has 0 aliphatic carbocycles. The molecule has 0 saturated heterocycles. The summed E-state index contributed by atoms with van der Waals surface area (Å²) in [5, 5.41) is 0. The molecule has 0 spiro atoms. The van der Waals surface area contributed by atoms with Gasteiger partial charge in [-0.1, -0.05) is 29.8 Å². The zero-order valence-electron chi connectivity index (χ0n) is 12.4. The fraction of sp³-hybridized carbons (Fsp3) is 0.375. The maximum atomic E-state index is 14.0. The lowest BCUT2D eigenvalue weighted by Gasteiger charge is -2.35. The van der Waals surface area contributed by atoms with Crippen LogP contribution in [0.2, 0.25) is 4.34 Å². The van der Waals surface area contributed by atoms with Crippen LogP contribution < -0.4 is 5.73 Å². The summed E-state index contributed by atoms with van der Waals surface area (Å²) in [5.74, 6) is -0.190. The van der Waals surface area contributed by atoms with Gasteiger partial charge in [0.05, 0.1) is 10.4 Å². The van der Waals surface area contributed by atoms with Crippen LogP contribution in [0.1, 0.15) is 36.4 Å². The van der Waals surface area contributed by atoms with Crippen molar-refractivity contribution in [1.29, 1.82) is 0 Å². The Morgan fingerprint density at radius 2 is 1.86 bits per heavy atom. The quantitative estimate of drug-likeness (QED) is 0.868. The molecule has 3 unspecified atom stereocenters. The first-order valence-electron chi connectivity index (χ1n) is 6.89. The van der Waals surface area contributed by atoms with Gasteiger partial charge in [-0.3, -0.25) is 4.90 Å². The van der Waals surface area contributed by atoms with Crippen LogP contribution in [0.25, 0.3) is 0 Å². The fourth-order valence-electron chi connectivity index (χ4n) is 2.59. The summed E-state index contributed by atoms with van der Waals surface area (Å²) < 4.78 is 14.7. The zero-order valence-corrected chi connectivity index (χ0v) is 14.0. The van der Waals surface area contributed by atoms with Gasteiger partial charge in [0.1, 0.15) is 5.82 Å². The normalized spacial score (nSPS) is 16.0. The van der Waals surface area contributed by atoms with Gasteiger partial charge in [0.2, 0.25) is 0 Å². The van der Waals surface area contributed by atoms with E-state index in [1.165, 1.54) is 17.4 Å². The molecule has 1 aromatic heterocycles. The van der Waals surface area contributed by atoms with Crippen molar-refractivity contribution >= 4 is 22.9 Å². The second-order valence-electron chi connectivity index (χ2n) is 5.31. The second kappa shape index (κ2) is 6.88. The van der Waals surface area contributed by atoms with E-state index < -0.39 is 0 Å². The van der Waals surface area contributed by atoms with E-state index in [4.69, 9.17) is 17.3 Å². The minimum absolute atomic E-state index is 0.00268. The summed E-state index contributed by atoms with van der Waals surface area (Å²) in [6.45, 7) is 3.95. The van der Waals surface area contributed by atoms with Crippen LogP contribution >= 0.6 is 22.9 Å². The molecule has 0 amide bonds. The van der Waals surface area contributed by atoms with Crippen molar-refractivity contribution in [3.63, 3.8) is 0 Å². The molecule has 0 aliphatic rings. The van der Waals surface area contributed by atoms with E-state index in [0.717, 1.165) is 9.21 Å². The number of nitrogens with zero attached hydrogens (tertiary/aromatic N) is 1. The van der Waals surface area contributed by atoms with Crippen LogP contribution in [0.3, 0.4) is 0 Å². The molecule has 2 aromatic rings. The minimum Gasteiger partial charge on any atom is -0.326 e. The molecule has 1 aromatic carbocycles. The van der Waals surface area contributed by atoms with E-state index in [2.05, 4.69) is 4.90 Å². The SMILES string of the molecule is CC(N)C(c1ccc(Cl)s1)N(C)C(C)c1ccccc1F. The molecule has 1 heterocycles. The van der Waals surface area contributed by atoms with Crippen LogP contribution in [0.4, 0.5) is 4.39 Å². The molecule has 21 heavy (non-hydrogen) atoms. The van der Waals surface area contributed by atoms with Gasteiger partial charge in [0.15, 0.2) is 0 Å². The number of hydrogen-bond acceptors (Lipinski definition) is 3. The van der Waals surface area contributed by atoms with Crippen molar-refractivity contribution in [2.75, 3.05) is 7.05 Å². The first-order chi connectivity index (χ1) is 9.91. The Hall–Kier alpha value is -0.940. The van der Waals surface area contributed by atoms with Gasteiger partial charge in [-0.2, -0.15) is 0 Å². The van der Waals surface area contributed by atoms with Gasteiger partial charge in [-0.05, 0) is 39.1 Å². The largest absolute Gasteiger partial charge is 0.326 e. The Bertz CT molecular complexity index is 599. The molecule has 2 rings (SSSR count). The summed E-state index contributed by atoms with van der Waals surface area (Å²) in [6.07, 6.45) is 0. The van der Waals surface area contributed by atoms with Crippen molar-refractivity contribution in [3.8, 4) is 0 Å². The number of thiophene rings is 1. The first kappa shape index (κ1) is 16.4. The lowest BCUT2D eigenvalue weighted by Crippen LogP contribution is -2.38. The van der Waals surface area contributed by atoms with Crippen molar-refractivity contribution in [1.82, 2.24) is 4.90 Å². The van der Waals surface area contributed by atoms with Gasteiger partial charge in [0, 0.05) is 22.5 Å². The Kier molecular flexibility index (Phi) is 5.38. The molecule has 5 heteroatoms. The van der Waals surface area contributed by atoms with Crippen LogP contribution in [-0.2, 0) is 0 Å². The first-order valence-corrected chi connectivity index (χ1v) is 8.08. The monoisotopic (exact) mass is 326 g/mol. The van der Waals surface area contributed by atoms with Crippen LogP contribution in [-0.4, -0.2) is 18.0 Å². The van der Waals surface area contributed by atoms with Crippen molar-refractivity contribution < 1.29 is 4.39 Å². The molecule has 2 N–H and O–H groups in total. The Morgan fingerprint density at radius 1 is 1.19 bits per heavy atom. The molecular formula is C16H20ClFN2S. The van der Waals surface area contributed by atoms with E-state index in [-0.39, 0.29) is 23.9 Å². The molecule has 3 atom stereocenters. The highest BCUT2D eigenvalue weighted by molar-refractivity contribution is 7.16. The fourth-order valence-corrected chi connectivity index (χ4v) is 3.92. The summed E-state index contributed by atoms with van der Waals surface area (Å²) in [7, 11) is 1.97. The molecule has 0 radical (unpaired) electrons. The van der Waals surface area contributed by atoms with E-state index in [9.17, 15) is 4.39 Å². The summed E-state index contributed by atoms with van der Waals surface area (Å²) in [6, 6.07) is 10.6. The molecule has 0 saturated carbocycles. The Balaban J connectivity index is 2.31. The minimum atomic E-state index is -0.190. The van der Waals surface area contributed by atoms with E-state index in [1.807, 2.05) is 45.2 Å². The average molecular weight is 327 g/mol. The molecule has 0 aliphatic heterocycles. The Morgan fingerprint density at radius 3 is 2.38 bits per heavy atom. The van der Waals surface area contributed by atoms with Gasteiger partial charge in [0.25, 0.3) is 0 Å². The molecule has 0 bridgehead atoms. The number of benzene rings is 1. The topological polar surface area (TPSA) is 29.3 Å². The highest BCUT2D eigenvalue weighted by Gasteiger charge is 2.28. The van der Waals surface area contributed by atoms with Crippen molar-refractivity contribution in [3.05, 3.63) is 57.0 Å². The maximum absolute atomic E-state index is 14.0. The van der Waals surface area contributed by atoms with Crippen LogP contribution in [0, 0.1) is 5.82 Å². The van der Waals surface area contributed by atoms with Crippen LogP contribution in [0.15, 0.2) is 36.4 Å². The van der Waals surface area contributed by atoms with Crippen LogP contribution in [0.5, 0.6) is 0 Å². The molecule has 114 valence electrons. The van der Waals surface area contributed by atoms with Gasteiger partial charge in [-0.25, -0.2) is 4.39 Å². The number of likely N-dealkylation sites (N-methyl/N-ethyl adjacent to an activating group) is 1. The van der Waals surface area contributed by atoms with E-state index in [0.29, 0.717) is 5.56 Å². The predicted molar refractivity (Wildman–Crippen MR) is 88.3 cm³/mol. The van der Waals surface area contributed by atoms with Gasteiger partial charge < -0.3 is 5.73 Å². The number of hydrogen-bond donors (Lipinski definition) is 1. The summed E-state index contributed by atoms with van der Waals surface area (Å²) >= 11 is 7.55. The third-order valence-corrected chi connectivity index (χ3v) is 5.09. The Labute approximate surface area is 134 Å². The predicted octanol–water partition coefficient (Wildman–Crippen LogP) is 4.62. The third-order valence-electron chi connectivity index (χ3n) is 3.79. The smallest absolute Gasteiger partial charge is 0.127 e.